The fourth-order valence-corrected chi connectivity index (χ4v) is 9.14. The Bertz CT molecular complexity index is 1470. The number of aromatic nitrogens is 2. The summed E-state index contributed by atoms with van der Waals surface area (Å²) >= 11 is 1.62. The highest BCUT2D eigenvalue weighted by atomic mass is 32.1. The Hall–Kier alpha value is -2.72. The van der Waals surface area contributed by atoms with Crippen molar-refractivity contribution >= 4 is 33.1 Å². The van der Waals surface area contributed by atoms with Crippen LogP contribution in [-0.4, -0.2) is 47.5 Å². The van der Waals surface area contributed by atoms with Crippen LogP contribution in [0.4, 0.5) is 18.9 Å². The van der Waals surface area contributed by atoms with Crippen LogP contribution in [0.25, 0.3) is 10.2 Å². The van der Waals surface area contributed by atoms with Gasteiger partial charge in [0.2, 0.25) is 0 Å². The molecule has 1 N–H and O–H groups in total. The number of pyridine rings is 1. The molecule has 0 unspecified atom stereocenters. The molecule has 1 aromatic carbocycles. The minimum atomic E-state index is -4.63. The summed E-state index contributed by atoms with van der Waals surface area (Å²) in [5.41, 5.74) is 0.434. The van der Waals surface area contributed by atoms with Crippen molar-refractivity contribution in [2.45, 2.75) is 95.7 Å². The summed E-state index contributed by atoms with van der Waals surface area (Å²) in [7, 11) is 3.83. The van der Waals surface area contributed by atoms with Crippen molar-refractivity contribution < 1.29 is 22.7 Å². The molecule has 1 spiro atoms. The molecule has 238 valence electrons. The van der Waals surface area contributed by atoms with Crippen molar-refractivity contribution in [3.63, 3.8) is 0 Å². The molecule has 2 aromatic heterocycles. The molecule has 3 aliphatic carbocycles. The Morgan fingerprint density at radius 2 is 1.80 bits per heavy atom. The first-order chi connectivity index (χ1) is 21.1. The van der Waals surface area contributed by atoms with Crippen LogP contribution >= 0.6 is 11.3 Å². The number of hydrogen-bond donors (Lipinski definition) is 1. The lowest BCUT2D eigenvalue weighted by Crippen LogP contribution is -2.45. The summed E-state index contributed by atoms with van der Waals surface area (Å²) in [5, 5.41) is 3.78. The monoisotopic (exact) mass is 628 g/mol. The molecule has 0 atom stereocenters. The van der Waals surface area contributed by atoms with Gasteiger partial charge in [-0.15, -0.1) is 11.3 Å². The molecule has 3 saturated carbocycles. The Labute approximate surface area is 261 Å². The molecule has 10 heteroatoms. The van der Waals surface area contributed by atoms with Gasteiger partial charge in [-0.3, -0.25) is 4.79 Å². The maximum Gasteiger partial charge on any atom is 0.433 e. The lowest BCUT2D eigenvalue weighted by Gasteiger charge is -2.53. The zero-order valence-electron chi connectivity index (χ0n) is 25.9. The number of fused-ring (bicyclic) bond motifs is 1. The number of benzene rings is 1. The fourth-order valence-electron chi connectivity index (χ4n) is 7.99. The Kier molecular flexibility index (Phi) is 8.94. The zero-order chi connectivity index (χ0) is 31.1. The molecule has 3 fully saturated rings. The van der Waals surface area contributed by atoms with E-state index in [2.05, 4.69) is 29.2 Å². The number of rotatable bonds is 8. The second-order valence-corrected chi connectivity index (χ2v) is 14.6. The molecule has 3 aromatic rings. The normalized spacial score (nSPS) is 27.4. The third kappa shape index (κ3) is 6.62. The van der Waals surface area contributed by atoms with Crippen molar-refractivity contribution in [3.05, 3.63) is 46.7 Å². The minimum Gasteiger partial charge on any atom is -0.494 e. The molecular formula is C34H43F3N4O2S. The highest BCUT2D eigenvalue weighted by molar-refractivity contribution is 7.18. The van der Waals surface area contributed by atoms with Gasteiger partial charge >= 0.3 is 6.18 Å². The van der Waals surface area contributed by atoms with Crippen LogP contribution in [0, 0.1) is 17.3 Å². The van der Waals surface area contributed by atoms with Crippen LogP contribution in [-0.2, 0) is 6.18 Å². The molecule has 3 aliphatic rings. The summed E-state index contributed by atoms with van der Waals surface area (Å²) in [6.07, 6.45) is 9.85. The van der Waals surface area contributed by atoms with Gasteiger partial charge in [0.25, 0.3) is 5.91 Å². The van der Waals surface area contributed by atoms with E-state index in [1.807, 2.05) is 0 Å². The van der Waals surface area contributed by atoms with E-state index in [-0.39, 0.29) is 5.69 Å². The lowest BCUT2D eigenvalue weighted by molar-refractivity contribution is -0.141. The Balaban J connectivity index is 1.05. The Morgan fingerprint density at radius 1 is 1.07 bits per heavy atom. The molecule has 2 heterocycles. The van der Waals surface area contributed by atoms with E-state index in [4.69, 9.17) is 9.72 Å². The molecule has 6 rings (SSSR count). The average molecular weight is 629 g/mol. The molecule has 44 heavy (non-hydrogen) atoms. The first kappa shape index (κ1) is 31.3. The van der Waals surface area contributed by atoms with Gasteiger partial charge in [0, 0.05) is 24.6 Å². The number of nitrogens with zero attached hydrogens (tertiary/aromatic N) is 3. The Morgan fingerprint density at radius 3 is 2.45 bits per heavy atom. The smallest absolute Gasteiger partial charge is 0.433 e. The number of anilines is 1. The van der Waals surface area contributed by atoms with E-state index < -0.39 is 17.8 Å². The van der Waals surface area contributed by atoms with E-state index >= 15 is 0 Å². The number of amides is 1. The topological polar surface area (TPSA) is 67.3 Å². The van der Waals surface area contributed by atoms with Gasteiger partial charge in [-0.25, -0.2) is 9.97 Å². The summed E-state index contributed by atoms with van der Waals surface area (Å²) in [6, 6.07) is 7.59. The quantitative estimate of drug-likeness (QED) is 0.270. The van der Waals surface area contributed by atoms with E-state index in [1.165, 1.54) is 83.6 Å². The predicted octanol–water partition coefficient (Wildman–Crippen LogP) is 8.93. The highest BCUT2D eigenvalue weighted by Gasteiger charge is 2.45. The number of hydrogen-bond acceptors (Lipinski definition) is 6. The summed E-state index contributed by atoms with van der Waals surface area (Å²) in [4.78, 5) is 23.9. The number of alkyl halides is 3. The first-order valence-electron chi connectivity index (χ1n) is 16.1. The van der Waals surface area contributed by atoms with E-state index in [0.29, 0.717) is 22.8 Å². The molecule has 0 bridgehead atoms. The SMILES string of the molecule is CC[C@H]1CC2(CC[C@@H](N(C)C[C@H]3CC[C@H](c4nc5cc(OC)c(NC(=O)c6cccc(C(F)(F)F)n6)cc5s4)CC3)CC2)C1. The number of carbonyl (C=O) groups excluding carboxylic acids is 1. The van der Waals surface area contributed by atoms with E-state index in [9.17, 15) is 18.0 Å². The largest absolute Gasteiger partial charge is 0.494 e. The number of methoxy groups -OCH3 is 1. The number of carbonyl (C=O) groups is 1. The van der Waals surface area contributed by atoms with Gasteiger partial charge in [0.05, 0.1) is 28.0 Å². The van der Waals surface area contributed by atoms with E-state index in [0.717, 1.165) is 52.0 Å². The van der Waals surface area contributed by atoms with Crippen molar-refractivity contribution in [1.82, 2.24) is 14.9 Å². The van der Waals surface area contributed by atoms with Gasteiger partial charge in [0.15, 0.2) is 0 Å². The fraction of sp³-hybridized carbons (Fsp3) is 0.618. The van der Waals surface area contributed by atoms with Crippen LogP contribution in [0.3, 0.4) is 0 Å². The third-order valence-corrected chi connectivity index (χ3v) is 11.8. The number of nitrogens with one attached hydrogen (secondary N) is 1. The summed E-state index contributed by atoms with van der Waals surface area (Å²) in [5.74, 6) is 1.78. The summed E-state index contributed by atoms with van der Waals surface area (Å²) in [6.45, 7) is 3.52. The second-order valence-electron chi connectivity index (χ2n) is 13.5. The number of ether oxygens (including phenoxy) is 1. The molecule has 0 radical (unpaired) electrons. The van der Waals surface area contributed by atoms with Crippen LogP contribution in [0.2, 0.25) is 0 Å². The van der Waals surface area contributed by atoms with Crippen molar-refractivity contribution in [2.75, 3.05) is 26.0 Å². The van der Waals surface area contributed by atoms with Crippen LogP contribution in [0.1, 0.15) is 105 Å². The standard InChI is InChI=1S/C34H43F3N4O2S/c1-4-21-18-33(19-21)14-12-24(13-15-33)41(2)20-22-8-10-23(11-9-22)32-40-27-16-28(43-3)26(17-29(27)44-32)39-31(42)25-6-5-7-30(38-25)34(35,36)37/h5-7,16-17,21-24H,4,8-15,18-20H2,1-3H3,(H,39,42)/t21-,22-,23-,24-,33?. The van der Waals surface area contributed by atoms with Gasteiger partial charge in [-0.1, -0.05) is 19.4 Å². The zero-order valence-corrected chi connectivity index (χ0v) is 26.7. The van der Waals surface area contributed by atoms with Gasteiger partial charge in [-0.05, 0) is 107 Å². The van der Waals surface area contributed by atoms with Gasteiger partial charge < -0.3 is 15.0 Å². The molecule has 0 saturated heterocycles. The molecular weight excluding hydrogens is 585 g/mol. The van der Waals surface area contributed by atoms with E-state index in [1.54, 1.807) is 23.5 Å². The number of thiazole rings is 1. The average Bonchev–Trinajstić information content (AvgIpc) is 3.42. The van der Waals surface area contributed by atoms with Crippen molar-refractivity contribution in [1.29, 1.82) is 0 Å². The van der Waals surface area contributed by atoms with Crippen LogP contribution in [0.5, 0.6) is 5.75 Å². The molecule has 6 nitrogen and oxygen atoms in total. The maximum absolute atomic E-state index is 13.1. The van der Waals surface area contributed by atoms with Crippen LogP contribution < -0.4 is 10.1 Å². The first-order valence-corrected chi connectivity index (χ1v) is 16.9. The maximum atomic E-state index is 13.1. The second kappa shape index (κ2) is 12.6. The van der Waals surface area contributed by atoms with Crippen LogP contribution in [0.15, 0.2) is 30.3 Å². The minimum absolute atomic E-state index is 0.315. The highest BCUT2D eigenvalue weighted by Crippen LogP contribution is 2.56. The van der Waals surface area contributed by atoms with Crippen molar-refractivity contribution in [2.24, 2.45) is 17.3 Å². The molecule has 0 aliphatic heterocycles. The summed E-state index contributed by atoms with van der Waals surface area (Å²) < 4.78 is 45.7. The predicted molar refractivity (Wildman–Crippen MR) is 168 cm³/mol. The lowest BCUT2D eigenvalue weighted by atomic mass is 9.54. The van der Waals surface area contributed by atoms with Gasteiger partial charge in [-0.2, -0.15) is 13.2 Å². The molecule has 1 amide bonds. The number of halogens is 3. The third-order valence-electron chi connectivity index (χ3n) is 10.6. The van der Waals surface area contributed by atoms with Gasteiger partial charge in [0.1, 0.15) is 17.1 Å². The van der Waals surface area contributed by atoms with Crippen molar-refractivity contribution in [3.8, 4) is 5.75 Å².